The van der Waals surface area contributed by atoms with Gasteiger partial charge in [0.2, 0.25) is 0 Å². The minimum atomic E-state index is 0.472. The molecule has 84 valence electrons. The first-order chi connectivity index (χ1) is 7.19. The van der Waals surface area contributed by atoms with Gasteiger partial charge >= 0.3 is 0 Å². The molecule has 0 atom stereocenters. The summed E-state index contributed by atoms with van der Waals surface area (Å²) in [5, 5.41) is 0. The van der Waals surface area contributed by atoms with E-state index >= 15 is 0 Å². The van der Waals surface area contributed by atoms with Crippen LogP contribution in [-0.4, -0.2) is 13.7 Å². The van der Waals surface area contributed by atoms with E-state index in [9.17, 15) is 0 Å². The molecule has 2 nitrogen and oxygen atoms in total. The summed E-state index contributed by atoms with van der Waals surface area (Å²) < 4.78 is 10.9. The molecule has 2 heteroatoms. The highest BCUT2D eigenvalue weighted by atomic mass is 16.5. The first-order valence-electron chi connectivity index (χ1n) is 5.49. The maximum atomic E-state index is 5.55. The van der Waals surface area contributed by atoms with E-state index in [0.717, 1.165) is 24.5 Å². The van der Waals surface area contributed by atoms with E-state index in [1.807, 2.05) is 12.1 Å². The third-order valence-corrected chi connectivity index (χ3v) is 2.30. The van der Waals surface area contributed by atoms with E-state index in [1.165, 1.54) is 5.56 Å². The molecule has 1 rings (SSSR count). The molecule has 0 aliphatic heterocycles. The van der Waals surface area contributed by atoms with Crippen LogP contribution in [0.2, 0.25) is 0 Å². The zero-order chi connectivity index (χ0) is 11.3. The maximum Gasteiger partial charge on any atom is 0.126 e. The van der Waals surface area contributed by atoms with Crippen LogP contribution in [0.4, 0.5) is 0 Å². The molecular formula is C13H20O2. The van der Waals surface area contributed by atoms with Gasteiger partial charge in [0.25, 0.3) is 0 Å². The average molecular weight is 208 g/mol. The zero-order valence-electron chi connectivity index (χ0n) is 10.0. The predicted molar refractivity (Wildman–Crippen MR) is 62.9 cm³/mol. The highest BCUT2D eigenvalue weighted by Crippen LogP contribution is 2.30. The van der Waals surface area contributed by atoms with E-state index in [-0.39, 0.29) is 0 Å². The third kappa shape index (κ3) is 3.15. The molecule has 0 amide bonds. The van der Waals surface area contributed by atoms with Gasteiger partial charge < -0.3 is 9.47 Å². The van der Waals surface area contributed by atoms with Gasteiger partial charge in [0.15, 0.2) is 0 Å². The van der Waals surface area contributed by atoms with Gasteiger partial charge in [-0.2, -0.15) is 0 Å². The summed E-state index contributed by atoms with van der Waals surface area (Å²) in [6.07, 6.45) is 1.02. The van der Waals surface area contributed by atoms with Crippen LogP contribution >= 0.6 is 0 Å². The molecule has 0 spiro atoms. The van der Waals surface area contributed by atoms with Crippen molar-refractivity contribution < 1.29 is 9.47 Å². The minimum Gasteiger partial charge on any atom is -0.496 e. The fraction of sp³-hybridized carbons (Fsp3) is 0.538. The summed E-state index contributed by atoms with van der Waals surface area (Å²) in [6.45, 7) is 7.17. The van der Waals surface area contributed by atoms with Gasteiger partial charge in [-0.15, -0.1) is 0 Å². The Hall–Kier alpha value is -1.18. The van der Waals surface area contributed by atoms with Gasteiger partial charge in [-0.1, -0.05) is 26.8 Å². The first-order valence-corrected chi connectivity index (χ1v) is 5.49. The molecule has 0 saturated heterocycles. The molecule has 1 aromatic carbocycles. The number of ether oxygens (including phenoxy) is 2. The Morgan fingerprint density at radius 1 is 1.27 bits per heavy atom. The molecule has 0 heterocycles. The smallest absolute Gasteiger partial charge is 0.126 e. The normalized spacial score (nSPS) is 10.5. The van der Waals surface area contributed by atoms with E-state index in [4.69, 9.17) is 9.47 Å². The molecule has 0 unspecified atom stereocenters. The lowest BCUT2D eigenvalue weighted by molar-refractivity contribution is 0.314. The van der Waals surface area contributed by atoms with Crippen LogP contribution in [0.5, 0.6) is 11.5 Å². The van der Waals surface area contributed by atoms with Crippen LogP contribution in [0.1, 0.15) is 38.7 Å². The summed E-state index contributed by atoms with van der Waals surface area (Å²) >= 11 is 0. The number of benzene rings is 1. The van der Waals surface area contributed by atoms with Crippen molar-refractivity contribution in [2.24, 2.45) is 0 Å². The number of hydrogen-bond donors (Lipinski definition) is 0. The van der Waals surface area contributed by atoms with Gasteiger partial charge in [0.1, 0.15) is 11.5 Å². The fourth-order valence-corrected chi connectivity index (χ4v) is 1.48. The molecule has 0 saturated carbocycles. The van der Waals surface area contributed by atoms with Crippen molar-refractivity contribution in [1.82, 2.24) is 0 Å². The summed E-state index contributed by atoms with van der Waals surface area (Å²) in [4.78, 5) is 0. The zero-order valence-corrected chi connectivity index (χ0v) is 10.0. The molecule has 0 aliphatic carbocycles. The summed E-state index contributed by atoms with van der Waals surface area (Å²) in [7, 11) is 1.70. The van der Waals surface area contributed by atoms with Crippen LogP contribution in [-0.2, 0) is 0 Å². The summed E-state index contributed by atoms with van der Waals surface area (Å²) in [5.41, 5.74) is 1.22. The Balaban J connectivity index is 2.87. The van der Waals surface area contributed by atoms with Crippen molar-refractivity contribution in [2.45, 2.75) is 33.1 Å². The van der Waals surface area contributed by atoms with E-state index in [2.05, 4.69) is 26.8 Å². The van der Waals surface area contributed by atoms with Gasteiger partial charge in [0.05, 0.1) is 13.7 Å². The predicted octanol–water partition coefficient (Wildman–Crippen LogP) is 3.61. The quantitative estimate of drug-likeness (QED) is 0.736. The summed E-state index contributed by atoms with van der Waals surface area (Å²) in [5.74, 6) is 2.27. The Labute approximate surface area is 92.2 Å². The second-order valence-corrected chi connectivity index (χ2v) is 3.91. The Kier molecular flexibility index (Phi) is 4.47. The lowest BCUT2D eigenvalue weighted by atomic mass is 10.0. The maximum absolute atomic E-state index is 5.55. The molecule has 0 bridgehead atoms. The Bertz CT molecular complexity index is 305. The van der Waals surface area contributed by atoms with Crippen molar-refractivity contribution in [3.8, 4) is 11.5 Å². The number of rotatable bonds is 5. The summed E-state index contributed by atoms with van der Waals surface area (Å²) in [6, 6.07) is 6.05. The van der Waals surface area contributed by atoms with Gasteiger partial charge in [0, 0.05) is 6.07 Å². The second-order valence-electron chi connectivity index (χ2n) is 3.91. The van der Waals surface area contributed by atoms with Crippen LogP contribution in [0.25, 0.3) is 0 Å². The highest BCUT2D eigenvalue weighted by Gasteiger charge is 2.08. The molecule has 0 fully saturated rings. The Morgan fingerprint density at radius 3 is 2.53 bits per heavy atom. The average Bonchev–Trinajstić information content (AvgIpc) is 2.25. The van der Waals surface area contributed by atoms with Gasteiger partial charge in [-0.3, -0.25) is 0 Å². The lowest BCUT2D eigenvalue weighted by Gasteiger charge is -2.13. The molecule has 15 heavy (non-hydrogen) atoms. The number of hydrogen-bond acceptors (Lipinski definition) is 2. The van der Waals surface area contributed by atoms with E-state index in [1.54, 1.807) is 7.11 Å². The van der Waals surface area contributed by atoms with Crippen LogP contribution < -0.4 is 9.47 Å². The van der Waals surface area contributed by atoms with Crippen molar-refractivity contribution in [1.29, 1.82) is 0 Å². The molecule has 0 radical (unpaired) electrons. The second kappa shape index (κ2) is 5.64. The first kappa shape index (κ1) is 11.9. The van der Waals surface area contributed by atoms with Gasteiger partial charge in [-0.25, -0.2) is 0 Å². The molecule has 0 aliphatic rings. The minimum absolute atomic E-state index is 0.472. The molecular weight excluding hydrogens is 188 g/mol. The monoisotopic (exact) mass is 208 g/mol. The SMILES string of the molecule is CCCOc1ccc(C(C)C)c(OC)c1. The highest BCUT2D eigenvalue weighted by molar-refractivity contribution is 5.42. The van der Waals surface area contributed by atoms with Crippen molar-refractivity contribution in [3.63, 3.8) is 0 Å². The third-order valence-electron chi connectivity index (χ3n) is 2.30. The van der Waals surface area contributed by atoms with Crippen molar-refractivity contribution in [2.75, 3.05) is 13.7 Å². The van der Waals surface area contributed by atoms with Crippen LogP contribution in [0.15, 0.2) is 18.2 Å². The van der Waals surface area contributed by atoms with Crippen LogP contribution in [0, 0.1) is 0 Å². The van der Waals surface area contributed by atoms with Crippen LogP contribution in [0.3, 0.4) is 0 Å². The lowest BCUT2D eigenvalue weighted by Crippen LogP contribution is -1.98. The molecule has 0 aromatic heterocycles. The number of methoxy groups -OCH3 is 1. The van der Waals surface area contributed by atoms with Gasteiger partial charge in [-0.05, 0) is 24.0 Å². The molecule has 1 aromatic rings. The van der Waals surface area contributed by atoms with Crippen molar-refractivity contribution >= 4 is 0 Å². The van der Waals surface area contributed by atoms with Crippen molar-refractivity contribution in [3.05, 3.63) is 23.8 Å². The largest absolute Gasteiger partial charge is 0.496 e. The fourth-order valence-electron chi connectivity index (χ4n) is 1.48. The molecule has 0 N–H and O–H groups in total. The van der Waals surface area contributed by atoms with E-state index < -0.39 is 0 Å². The standard InChI is InChI=1S/C13H20O2/c1-5-8-15-11-6-7-12(10(2)3)13(9-11)14-4/h6-7,9-10H,5,8H2,1-4H3. The Morgan fingerprint density at radius 2 is 2.00 bits per heavy atom. The topological polar surface area (TPSA) is 18.5 Å². The van der Waals surface area contributed by atoms with E-state index in [0.29, 0.717) is 5.92 Å².